The molecule has 11 heteroatoms. The molecule has 1 aromatic carbocycles. The van der Waals surface area contributed by atoms with Gasteiger partial charge in [-0.2, -0.15) is 0 Å². The van der Waals surface area contributed by atoms with Gasteiger partial charge in [-0.3, -0.25) is 4.79 Å². The summed E-state index contributed by atoms with van der Waals surface area (Å²) in [7, 11) is 1.52. The van der Waals surface area contributed by atoms with Crippen LogP contribution in [0.15, 0.2) is 24.3 Å². The summed E-state index contributed by atoms with van der Waals surface area (Å²) < 4.78 is 10.5. The summed E-state index contributed by atoms with van der Waals surface area (Å²) in [6, 6.07) is 5.19. The smallest absolute Gasteiger partial charge is 0.408 e. The third-order valence-corrected chi connectivity index (χ3v) is 7.56. The average Bonchev–Trinajstić information content (AvgIpc) is 3.48. The molecule has 0 spiro atoms. The van der Waals surface area contributed by atoms with Gasteiger partial charge in [-0.05, 0) is 63.8 Å². The summed E-state index contributed by atoms with van der Waals surface area (Å²) in [5, 5.41) is 28.5. The molecule has 0 heterocycles. The molecule has 0 bridgehead atoms. The van der Waals surface area contributed by atoms with Crippen LogP contribution in [0.2, 0.25) is 0 Å². The molecule has 5 N–H and O–H groups in total. The van der Waals surface area contributed by atoms with E-state index < -0.39 is 64.4 Å². The lowest BCUT2D eigenvalue weighted by atomic mass is 9.62. The molecule has 5 atom stereocenters. The first-order valence-corrected chi connectivity index (χ1v) is 12.0. The summed E-state index contributed by atoms with van der Waals surface area (Å²) in [5.41, 5.74) is -3.55. The second-order valence-corrected chi connectivity index (χ2v) is 10.4. The fraction of sp³-hybridized carbons (Fsp3) is 0.600. The molecule has 36 heavy (non-hydrogen) atoms. The molecule has 3 rings (SSSR count). The number of nitrogens with one attached hydrogen (secondary N) is 3. The van der Waals surface area contributed by atoms with Crippen LogP contribution in [0, 0.1) is 23.2 Å². The van der Waals surface area contributed by atoms with E-state index >= 15 is 0 Å². The first-order valence-electron chi connectivity index (χ1n) is 12.0. The van der Waals surface area contributed by atoms with Gasteiger partial charge in [0, 0.05) is 23.1 Å². The lowest BCUT2D eigenvalue weighted by molar-refractivity contribution is -0.155. The average molecular weight is 506 g/mol. The minimum absolute atomic E-state index is 0.262. The van der Waals surface area contributed by atoms with Gasteiger partial charge in [0.25, 0.3) is 0 Å². The molecular formula is C25H35N3O8. The second kappa shape index (κ2) is 9.51. The van der Waals surface area contributed by atoms with Crippen molar-refractivity contribution in [1.82, 2.24) is 10.6 Å². The molecule has 0 aromatic heterocycles. The number of urea groups is 1. The molecule has 0 radical (unpaired) electrons. The van der Waals surface area contributed by atoms with E-state index in [2.05, 4.69) is 16.0 Å². The Labute approximate surface area is 209 Å². The van der Waals surface area contributed by atoms with Gasteiger partial charge in [-0.25, -0.2) is 14.4 Å². The van der Waals surface area contributed by atoms with Gasteiger partial charge in [0.05, 0.1) is 13.0 Å². The number of amides is 3. The van der Waals surface area contributed by atoms with Crippen molar-refractivity contribution in [1.29, 1.82) is 0 Å². The van der Waals surface area contributed by atoms with Crippen LogP contribution >= 0.6 is 0 Å². The number of methoxy groups -OCH3 is 1. The van der Waals surface area contributed by atoms with E-state index in [1.165, 1.54) is 7.11 Å². The van der Waals surface area contributed by atoms with Gasteiger partial charge in [0.1, 0.15) is 11.4 Å². The number of carbonyl (C=O) groups is 4. The van der Waals surface area contributed by atoms with E-state index in [4.69, 9.17) is 9.47 Å². The lowest BCUT2D eigenvalue weighted by Gasteiger charge is -2.48. The highest BCUT2D eigenvalue weighted by molar-refractivity contribution is 5.93. The van der Waals surface area contributed by atoms with Crippen LogP contribution in [0.4, 0.5) is 15.3 Å². The third kappa shape index (κ3) is 4.42. The van der Waals surface area contributed by atoms with Crippen LogP contribution in [-0.4, -0.2) is 58.6 Å². The van der Waals surface area contributed by atoms with Gasteiger partial charge in [-0.1, -0.05) is 13.8 Å². The lowest BCUT2D eigenvalue weighted by Crippen LogP contribution is -2.69. The van der Waals surface area contributed by atoms with E-state index in [1.54, 1.807) is 58.9 Å². The number of carboxylic acid groups (broad SMARTS) is 2. The maximum atomic E-state index is 13.0. The van der Waals surface area contributed by atoms with Crippen molar-refractivity contribution in [3.63, 3.8) is 0 Å². The Balaban J connectivity index is 1.99. The predicted molar refractivity (Wildman–Crippen MR) is 130 cm³/mol. The van der Waals surface area contributed by atoms with Crippen LogP contribution in [0.3, 0.4) is 0 Å². The highest BCUT2D eigenvalue weighted by Gasteiger charge is 2.84. The maximum Gasteiger partial charge on any atom is 0.408 e. The topological polar surface area (TPSA) is 163 Å². The van der Waals surface area contributed by atoms with Gasteiger partial charge in [0.15, 0.2) is 5.54 Å². The molecule has 198 valence electrons. The number of ether oxygens (including phenoxy) is 2. The standard InChI is InChI=1S/C25H35N3O8/c1-7-24(8-2)18(27-21(33)26-13-9-11-14(35-6)12-10-13)15-16(19(29)30)17(15)25(24,20(31)32)28-22(34)36-23(3,4)5/h9-12,15-18H,7-8H2,1-6H3,(H,28,34)(H,29,30)(H,31,32)(H2,26,27,33)/t15-,16-,17+,18+,25-/m1/s1. The molecule has 0 saturated heterocycles. The molecule has 2 saturated carbocycles. The van der Waals surface area contributed by atoms with Gasteiger partial charge < -0.3 is 35.6 Å². The Bertz CT molecular complexity index is 1030. The Kier molecular flexibility index (Phi) is 7.16. The fourth-order valence-electron chi connectivity index (χ4n) is 6.12. The summed E-state index contributed by atoms with van der Waals surface area (Å²) >= 11 is 0. The van der Waals surface area contributed by atoms with Crippen molar-refractivity contribution in [2.75, 3.05) is 12.4 Å². The zero-order valence-electron chi connectivity index (χ0n) is 21.4. The number of hydrogen-bond donors (Lipinski definition) is 5. The van der Waals surface area contributed by atoms with Crippen molar-refractivity contribution >= 4 is 29.8 Å². The highest BCUT2D eigenvalue weighted by Crippen LogP contribution is 2.71. The van der Waals surface area contributed by atoms with Crippen molar-refractivity contribution in [2.24, 2.45) is 23.2 Å². The Morgan fingerprint density at radius 2 is 1.61 bits per heavy atom. The quantitative estimate of drug-likeness (QED) is 0.359. The molecule has 0 aliphatic heterocycles. The Hall–Kier alpha value is -3.50. The number of aliphatic carboxylic acids is 2. The summed E-state index contributed by atoms with van der Waals surface area (Å²) in [6.45, 7) is 8.49. The Morgan fingerprint density at radius 3 is 2.06 bits per heavy atom. The zero-order chi connectivity index (χ0) is 27.1. The largest absolute Gasteiger partial charge is 0.497 e. The van der Waals surface area contributed by atoms with Crippen molar-refractivity contribution < 1.29 is 38.9 Å². The first-order chi connectivity index (χ1) is 16.8. The molecule has 0 unspecified atom stereocenters. The van der Waals surface area contributed by atoms with Crippen LogP contribution in [0.25, 0.3) is 0 Å². The van der Waals surface area contributed by atoms with Gasteiger partial charge in [-0.15, -0.1) is 0 Å². The molecule has 2 aliphatic rings. The molecule has 1 aromatic rings. The normalized spacial score (nSPS) is 27.8. The molecular weight excluding hydrogens is 470 g/mol. The highest BCUT2D eigenvalue weighted by atomic mass is 16.6. The monoisotopic (exact) mass is 505 g/mol. The molecule has 11 nitrogen and oxygen atoms in total. The van der Waals surface area contributed by atoms with E-state index in [0.717, 1.165) is 0 Å². The Morgan fingerprint density at radius 1 is 1.03 bits per heavy atom. The van der Waals surface area contributed by atoms with Crippen LogP contribution in [0.5, 0.6) is 5.75 Å². The third-order valence-electron chi connectivity index (χ3n) is 7.56. The number of carboxylic acids is 2. The van der Waals surface area contributed by atoms with E-state index in [9.17, 15) is 29.4 Å². The number of carbonyl (C=O) groups excluding carboxylic acids is 2. The van der Waals surface area contributed by atoms with Crippen molar-refractivity contribution in [2.45, 2.75) is 64.6 Å². The van der Waals surface area contributed by atoms with E-state index in [1.807, 2.05) is 0 Å². The van der Waals surface area contributed by atoms with Crippen LogP contribution in [0.1, 0.15) is 47.5 Å². The maximum absolute atomic E-state index is 13.0. The summed E-state index contributed by atoms with van der Waals surface area (Å²) in [4.78, 5) is 50.9. The van der Waals surface area contributed by atoms with Gasteiger partial charge >= 0.3 is 24.1 Å². The number of anilines is 1. The molecule has 2 aliphatic carbocycles. The SMILES string of the molecule is CCC1(CC)[C@@H](NC(=O)Nc2ccc(OC)cc2)[C@@H]2[C@@H](C(=O)O)[C@H]2[C@@]1(NC(=O)OC(C)(C)C)C(=O)O. The molecule has 2 fully saturated rings. The van der Waals surface area contributed by atoms with Gasteiger partial charge in [0.2, 0.25) is 0 Å². The summed E-state index contributed by atoms with van der Waals surface area (Å²) in [5.74, 6) is -4.58. The number of rotatable bonds is 8. The summed E-state index contributed by atoms with van der Waals surface area (Å²) in [6.07, 6.45) is -0.425. The zero-order valence-corrected chi connectivity index (χ0v) is 21.4. The van der Waals surface area contributed by atoms with Crippen LogP contribution in [-0.2, 0) is 14.3 Å². The van der Waals surface area contributed by atoms with Crippen LogP contribution < -0.4 is 20.7 Å². The first kappa shape index (κ1) is 27.1. The van der Waals surface area contributed by atoms with E-state index in [-0.39, 0.29) is 12.8 Å². The number of benzene rings is 1. The fourth-order valence-corrected chi connectivity index (χ4v) is 6.12. The van der Waals surface area contributed by atoms with E-state index in [0.29, 0.717) is 11.4 Å². The number of alkyl carbamates (subject to hydrolysis) is 1. The predicted octanol–water partition coefficient (Wildman–Crippen LogP) is 3.30. The van der Waals surface area contributed by atoms with Crippen molar-refractivity contribution in [3.8, 4) is 5.75 Å². The minimum atomic E-state index is -1.95. The minimum Gasteiger partial charge on any atom is -0.497 e. The number of fused-ring (bicyclic) bond motifs is 1. The molecule has 3 amide bonds. The number of hydrogen-bond acceptors (Lipinski definition) is 6. The second-order valence-electron chi connectivity index (χ2n) is 10.4. The van der Waals surface area contributed by atoms with Crippen molar-refractivity contribution in [3.05, 3.63) is 24.3 Å².